The number of aryl methyl sites for hydroxylation is 1. The molecule has 3 nitrogen and oxygen atoms in total. The summed E-state index contributed by atoms with van der Waals surface area (Å²) in [6, 6.07) is 8.22. The van der Waals surface area contributed by atoms with Crippen LogP contribution in [0, 0.1) is 6.92 Å². The molecule has 1 aromatic rings. The topological polar surface area (TPSA) is 27.7 Å². The van der Waals surface area contributed by atoms with Crippen molar-refractivity contribution in [2.24, 2.45) is 0 Å². The number of hydrogen-bond acceptors (Lipinski definition) is 3. The first-order valence-corrected chi connectivity index (χ1v) is 7.90. The summed E-state index contributed by atoms with van der Waals surface area (Å²) in [6.45, 7) is 9.76. The largest absolute Gasteiger partial charge is 0.537 e. The third kappa shape index (κ3) is 3.64. The van der Waals surface area contributed by atoms with Gasteiger partial charge in [-0.15, -0.1) is 0 Å². The minimum Gasteiger partial charge on any atom is -0.370 e. The normalized spacial score (nSPS) is 11.8. The van der Waals surface area contributed by atoms with E-state index >= 15 is 0 Å². The maximum Gasteiger partial charge on any atom is 0.537 e. The third-order valence-corrected chi connectivity index (χ3v) is 5.45. The SMILES string of the molecule is CCO[Si](OCC)(OCC)c1ccc(C)cc1. The zero-order valence-corrected chi connectivity index (χ0v) is 12.2. The van der Waals surface area contributed by atoms with Crippen LogP contribution in [0.1, 0.15) is 26.3 Å². The average molecular weight is 254 g/mol. The fraction of sp³-hybridized carbons (Fsp3) is 0.538. The molecule has 0 aliphatic rings. The summed E-state index contributed by atoms with van der Waals surface area (Å²) in [5.41, 5.74) is 1.22. The quantitative estimate of drug-likeness (QED) is 0.699. The van der Waals surface area contributed by atoms with E-state index < -0.39 is 8.80 Å². The van der Waals surface area contributed by atoms with Crippen molar-refractivity contribution in [2.45, 2.75) is 27.7 Å². The lowest BCUT2D eigenvalue weighted by Gasteiger charge is -2.28. The Morgan fingerprint density at radius 2 is 1.24 bits per heavy atom. The lowest BCUT2D eigenvalue weighted by Crippen LogP contribution is -2.56. The predicted octanol–water partition coefficient (Wildman–Crippen LogP) is 2.25. The van der Waals surface area contributed by atoms with Crippen LogP contribution in [0.5, 0.6) is 0 Å². The van der Waals surface area contributed by atoms with E-state index in [1.807, 2.05) is 32.9 Å². The van der Waals surface area contributed by atoms with E-state index in [1.165, 1.54) is 5.56 Å². The van der Waals surface area contributed by atoms with Crippen molar-refractivity contribution in [1.29, 1.82) is 0 Å². The second kappa shape index (κ2) is 6.91. The Kier molecular flexibility index (Phi) is 5.84. The van der Waals surface area contributed by atoms with Gasteiger partial charge in [0, 0.05) is 25.0 Å². The Bertz CT molecular complexity index is 307. The zero-order valence-electron chi connectivity index (χ0n) is 11.2. The summed E-state index contributed by atoms with van der Waals surface area (Å²) in [7, 11) is -2.69. The number of hydrogen-bond donors (Lipinski definition) is 0. The van der Waals surface area contributed by atoms with E-state index in [-0.39, 0.29) is 0 Å². The van der Waals surface area contributed by atoms with Gasteiger partial charge in [0.15, 0.2) is 0 Å². The van der Waals surface area contributed by atoms with Crippen molar-refractivity contribution in [2.75, 3.05) is 19.8 Å². The number of benzene rings is 1. The molecule has 0 unspecified atom stereocenters. The molecule has 0 atom stereocenters. The van der Waals surface area contributed by atoms with Gasteiger partial charge in [-0.05, 0) is 27.7 Å². The van der Waals surface area contributed by atoms with Gasteiger partial charge in [-0.2, -0.15) is 0 Å². The molecule has 0 amide bonds. The molecule has 4 heteroatoms. The fourth-order valence-corrected chi connectivity index (χ4v) is 4.17. The maximum absolute atomic E-state index is 5.83. The molecular formula is C13H22O3Si. The summed E-state index contributed by atoms with van der Waals surface area (Å²) < 4.78 is 17.5. The van der Waals surface area contributed by atoms with Crippen LogP contribution in [0.3, 0.4) is 0 Å². The average Bonchev–Trinajstić information content (AvgIpc) is 2.30. The highest BCUT2D eigenvalue weighted by Gasteiger charge is 2.42. The fourth-order valence-electron chi connectivity index (χ4n) is 1.70. The second-order valence-corrected chi connectivity index (χ2v) is 6.28. The molecule has 0 heterocycles. The van der Waals surface area contributed by atoms with Gasteiger partial charge in [0.05, 0.1) is 0 Å². The highest BCUT2D eigenvalue weighted by Crippen LogP contribution is 2.11. The molecular weight excluding hydrogens is 232 g/mol. The first-order chi connectivity index (χ1) is 8.18. The molecule has 1 aromatic carbocycles. The van der Waals surface area contributed by atoms with Crippen LogP contribution in [-0.4, -0.2) is 28.6 Å². The van der Waals surface area contributed by atoms with E-state index in [9.17, 15) is 0 Å². The van der Waals surface area contributed by atoms with Gasteiger partial charge in [-0.25, -0.2) is 0 Å². The lowest BCUT2D eigenvalue weighted by atomic mass is 10.2. The second-order valence-electron chi connectivity index (χ2n) is 3.72. The highest BCUT2D eigenvalue weighted by atomic mass is 28.4. The van der Waals surface area contributed by atoms with E-state index in [1.54, 1.807) is 0 Å². The first-order valence-electron chi connectivity index (χ1n) is 6.17. The van der Waals surface area contributed by atoms with E-state index in [2.05, 4.69) is 19.1 Å². The van der Waals surface area contributed by atoms with Gasteiger partial charge >= 0.3 is 8.80 Å². The smallest absolute Gasteiger partial charge is 0.370 e. The standard InChI is InChI=1S/C13H22O3Si/c1-5-14-17(15-6-2,16-7-3)13-10-8-12(4)9-11-13/h8-11H,5-7H2,1-4H3. The monoisotopic (exact) mass is 254 g/mol. The Morgan fingerprint density at radius 3 is 1.59 bits per heavy atom. The molecule has 0 fully saturated rings. The Morgan fingerprint density at radius 1 is 0.824 bits per heavy atom. The molecule has 17 heavy (non-hydrogen) atoms. The maximum atomic E-state index is 5.83. The molecule has 1 rings (SSSR count). The van der Waals surface area contributed by atoms with Gasteiger partial charge in [0.2, 0.25) is 0 Å². The van der Waals surface area contributed by atoms with Crippen LogP contribution in [0.2, 0.25) is 0 Å². The Balaban J connectivity index is 3.04. The number of rotatable bonds is 7. The molecule has 0 saturated heterocycles. The van der Waals surface area contributed by atoms with Crippen LogP contribution in [0.4, 0.5) is 0 Å². The lowest BCUT2D eigenvalue weighted by molar-refractivity contribution is 0.0859. The molecule has 0 bridgehead atoms. The minimum absolute atomic E-state index is 0.597. The van der Waals surface area contributed by atoms with E-state index in [0.717, 1.165) is 5.19 Å². The van der Waals surface area contributed by atoms with Crippen LogP contribution in [0.15, 0.2) is 24.3 Å². The van der Waals surface area contributed by atoms with E-state index in [4.69, 9.17) is 13.3 Å². The first kappa shape index (κ1) is 14.4. The zero-order chi connectivity index (χ0) is 12.7. The molecule has 0 N–H and O–H groups in total. The van der Waals surface area contributed by atoms with Gasteiger partial charge < -0.3 is 13.3 Å². The van der Waals surface area contributed by atoms with Crippen molar-refractivity contribution in [1.82, 2.24) is 0 Å². The summed E-state index contributed by atoms with van der Waals surface area (Å²) in [5, 5.41) is 1.04. The van der Waals surface area contributed by atoms with Crippen molar-refractivity contribution in [3.05, 3.63) is 29.8 Å². The highest BCUT2D eigenvalue weighted by molar-refractivity contribution is 6.75. The van der Waals surface area contributed by atoms with Crippen LogP contribution in [-0.2, 0) is 13.3 Å². The molecule has 0 aromatic heterocycles. The van der Waals surface area contributed by atoms with Crippen LogP contribution >= 0.6 is 0 Å². The van der Waals surface area contributed by atoms with Crippen molar-refractivity contribution in [3.8, 4) is 0 Å². The summed E-state index contributed by atoms with van der Waals surface area (Å²) >= 11 is 0. The van der Waals surface area contributed by atoms with Gasteiger partial charge in [-0.1, -0.05) is 29.8 Å². The predicted molar refractivity (Wildman–Crippen MR) is 71.4 cm³/mol. The third-order valence-electron chi connectivity index (χ3n) is 2.41. The van der Waals surface area contributed by atoms with E-state index in [0.29, 0.717) is 19.8 Å². The molecule has 0 aliphatic heterocycles. The van der Waals surface area contributed by atoms with Gasteiger partial charge in [0.1, 0.15) is 0 Å². The van der Waals surface area contributed by atoms with Crippen molar-refractivity contribution < 1.29 is 13.3 Å². The molecule has 0 radical (unpaired) electrons. The van der Waals surface area contributed by atoms with Crippen LogP contribution < -0.4 is 5.19 Å². The Hall–Kier alpha value is -0.683. The summed E-state index contributed by atoms with van der Waals surface area (Å²) in [4.78, 5) is 0. The van der Waals surface area contributed by atoms with Gasteiger partial charge in [-0.3, -0.25) is 0 Å². The molecule has 0 saturated carbocycles. The molecule has 96 valence electrons. The summed E-state index contributed by atoms with van der Waals surface area (Å²) in [6.07, 6.45) is 0. The van der Waals surface area contributed by atoms with Gasteiger partial charge in [0.25, 0.3) is 0 Å². The molecule has 0 spiro atoms. The van der Waals surface area contributed by atoms with Crippen LogP contribution in [0.25, 0.3) is 0 Å². The Labute approximate surface area is 105 Å². The molecule has 0 aliphatic carbocycles. The van der Waals surface area contributed by atoms with Crippen molar-refractivity contribution >= 4 is 14.0 Å². The summed E-state index contributed by atoms with van der Waals surface area (Å²) in [5.74, 6) is 0. The minimum atomic E-state index is -2.69. The van der Waals surface area contributed by atoms with Crippen molar-refractivity contribution in [3.63, 3.8) is 0 Å².